The van der Waals surface area contributed by atoms with Crippen molar-refractivity contribution in [3.05, 3.63) is 41.5 Å². The van der Waals surface area contributed by atoms with Gasteiger partial charge in [0.15, 0.2) is 0 Å². The van der Waals surface area contributed by atoms with Crippen molar-refractivity contribution in [3.63, 3.8) is 0 Å². The summed E-state index contributed by atoms with van der Waals surface area (Å²) in [6.45, 7) is 4.49. The minimum absolute atomic E-state index is 0.0262. The van der Waals surface area contributed by atoms with Gasteiger partial charge in [0.25, 0.3) is 10.1 Å². The van der Waals surface area contributed by atoms with Gasteiger partial charge in [-0.3, -0.25) is 4.55 Å². The van der Waals surface area contributed by atoms with Crippen LogP contribution >= 0.6 is 0 Å². The first-order valence-electron chi connectivity index (χ1n) is 13.0. The van der Waals surface area contributed by atoms with Crippen molar-refractivity contribution in [2.45, 2.75) is 121 Å². The zero-order chi connectivity index (χ0) is 23.2. The first-order chi connectivity index (χ1) is 15.5. The molecule has 0 bridgehead atoms. The molecule has 0 aliphatic rings. The van der Waals surface area contributed by atoms with Gasteiger partial charge < -0.3 is 0 Å². The fourth-order valence-electron chi connectivity index (χ4n) is 4.72. The average molecular weight is 461 g/mol. The standard InChI is InChI=1S/C28H44O3S/c1-3-5-7-9-11-13-15-18-24-22-23-27-26(20-17-21-28(27)32(29,30)31)25(24)19-16-14-12-10-8-6-4-2/h17,20-23H,3-16,18-19H2,1-2H3,(H,29,30,31). The number of rotatable bonds is 17. The molecule has 4 heteroatoms. The van der Waals surface area contributed by atoms with E-state index in [4.69, 9.17) is 0 Å². The molecular formula is C28H44O3S. The average Bonchev–Trinajstić information content (AvgIpc) is 2.77. The number of unbranched alkanes of at least 4 members (excludes halogenated alkanes) is 12. The Hall–Kier alpha value is -1.39. The van der Waals surface area contributed by atoms with Crippen LogP contribution in [0.25, 0.3) is 10.8 Å². The number of hydrogen-bond acceptors (Lipinski definition) is 2. The monoisotopic (exact) mass is 460 g/mol. The molecule has 0 spiro atoms. The van der Waals surface area contributed by atoms with Crippen LogP contribution in [-0.2, 0) is 23.0 Å². The van der Waals surface area contributed by atoms with Crippen LogP contribution in [-0.4, -0.2) is 13.0 Å². The highest BCUT2D eigenvalue weighted by Gasteiger charge is 2.16. The van der Waals surface area contributed by atoms with Crippen molar-refractivity contribution in [1.29, 1.82) is 0 Å². The van der Waals surface area contributed by atoms with Gasteiger partial charge in [-0.05, 0) is 48.3 Å². The summed E-state index contributed by atoms with van der Waals surface area (Å²) in [5.41, 5.74) is 2.64. The SMILES string of the molecule is CCCCCCCCCc1ccc2c(S(=O)(=O)O)cccc2c1CCCCCCCCC. The van der Waals surface area contributed by atoms with Crippen molar-refractivity contribution in [2.24, 2.45) is 0 Å². The maximum absolute atomic E-state index is 11.9. The van der Waals surface area contributed by atoms with Crippen molar-refractivity contribution >= 4 is 20.9 Å². The van der Waals surface area contributed by atoms with Crippen molar-refractivity contribution in [3.8, 4) is 0 Å². The lowest BCUT2D eigenvalue weighted by Crippen LogP contribution is -2.02. The summed E-state index contributed by atoms with van der Waals surface area (Å²) in [7, 11) is -4.23. The molecule has 1 N–H and O–H groups in total. The summed E-state index contributed by atoms with van der Waals surface area (Å²) < 4.78 is 33.5. The largest absolute Gasteiger partial charge is 0.295 e. The Morgan fingerprint density at radius 2 is 1.16 bits per heavy atom. The minimum atomic E-state index is -4.23. The maximum Gasteiger partial charge on any atom is 0.295 e. The molecule has 3 nitrogen and oxygen atoms in total. The van der Waals surface area contributed by atoms with Gasteiger partial charge in [0, 0.05) is 5.39 Å². The molecule has 0 fully saturated rings. The molecule has 0 saturated heterocycles. The topological polar surface area (TPSA) is 54.4 Å². The molecular weight excluding hydrogens is 416 g/mol. The third-order valence-electron chi connectivity index (χ3n) is 6.59. The predicted molar refractivity (Wildman–Crippen MR) is 137 cm³/mol. The van der Waals surface area contributed by atoms with Crippen LogP contribution in [0, 0.1) is 0 Å². The Bertz CT molecular complexity index is 902. The molecule has 0 aliphatic carbocycles. The quantitative estimate of drug-likeness (QED) is 0.190. The van der Waals surface area contributed by atoms with Crippen LogP contribution < -0.4 is 0 Å². The van der Waals surface area contributed by atoms with Crippen LogP contribution in [0.5, 0.6) is 0 Å². The summed E-state index contributed by atoms with van der Waals surface area (Å²) in [5, 5.41) is 1.64. The van der Waals surface area contributed by atoms with E-state index < -0.39 is 10.1 Å². The highest BCUT2D eigenvalue weighted by atomic mass is 32.2. The van der Waals surface area contributed by atoms with Crippen molar-refractivity contribution < 1.29 is 13.0 Å². The molecule has 0 amide bonds. The minimum Gasteiger partial charge on any atom is -0.282 e. The second-order valence-corrected chi connectivity index (χ2v) is 10.7. The van der Waals surface area contributed by atoms with E-state index in [2.05, 4.69) is 19.9 Å². The number of benzene rings is 2. The predicted octanol–water partition coefficient (Wildman–Crippen LogP) is 8.67. The van der Waals surface area contributed by atoms with Crippen molar-refractivity contribution in [2.75, 3.05) is 0 Å². The normalized spacial score (nSPS) is 12.0. The molecule has 2 rings (SSSR count). The molecule has 0 radical (unpaired) electrons. The zero-order valence-corrected chi connectivity index (χ0v) is 21.2. The summed E-state index contributed by atoms with van der Waals surface area (Å²) in [5.74, 6) is 0. The lowest BCUT2D eigenvalue weighted by atomic mass is 9.91. The van der Waals surface area contributed by atoms with E-state index in [1.54, 1.807) is 6.07 Å². The number of fused-ring (bicyclic) bond motifs is 1. The molecule has 2 aromatic carbocycles. The highest BCUT2D eigenvalue weighted by Crippen LogP contribution is 2.30. The molecule has 0 atom stereocenters. The van der Waals surface area contributed by atoms with Gasteiger partial charge in [0.2, 0.25) is 0 Å². The molecule has 0 aliphatic heterocycles. The van der Waals surface area contributed by atoms with E-state index >= 15 is 0 Å². The Labute approximate surface area is 196 Å². The fraction of sp³-hybridized carbons (Fsp3) is 0.643. The second kappa shape index (κ2) is 14.7. The van der Waals surface area contributed by atoms with Crippen molar-refractivity contribution in [1.82, 2.24) is 0 Å². The fourth-order valence-corrected chi connectivity index (χ4v) is 5.43. The van der Waals surface area contributed by atoms with E-state index in [9.17, 15) is 13.0 Å². The Balaban J connectivity index is 2.10. The summed E-state index contributed by atoms with van der Waals surface area (Å²) in [4.78, 5) is 0.0262. The van der Waals surface area contributed by atoms with Gasteiger partial charge in [-0.15, -0.1) is 0 Å². The van der Waals surface area contributed by atoms with Gasteiger partial charge in [0.1, 0.15) is 4.90 Å². The van der Waals surface area contributed by atoms with Crippen LogP contribution in [0.15, 0.2) is 35.2 Å². The van der Waals surface area contributed by atoms with Crippen LogP contribution in [0.1, 0.15) is 115 Å². The molecule has 0 saturated carbocycles. The van der Waals surface area contributed by atoms with E-state index in [1.165, 1.54) is 101 Å². The third-order valence-corrected chi connectivity index (χ3v) is 7.50. The van der Waals surface area contributed by atoms with E-state index in [1.807, 2.05) is 12.1 Å². The lowest BCUT2D eigenvalue weighted by molar-refractivity contribution is 0.484. The molecule has 2 aromatic rings. The molecule has 0 heterocycles. The van der Waals surface area contributed by atoms with Gasteiger partial charge in [0.05, 0.1) is 0 Å². The number of aryl methyl sites for hydroxylation is 2. The smallest absolute Gasteiger partial charge is 0.282 e. The first-order valence-corrected chi connectivity index (χ1v) is 14.4. The lowest BCUT2D eigenvalue weighted by Gasteiger charge is -2.15. The van der Waals surface area contributed by atoms with Crippen LogP contribution in [0.2, 0.25) is 0 Å². The molecule has 32 heavy (non-hydrogen) atoms. The third kappa shape index (κ3) is 8.86. The summed E-state index contributed by atoms with van der Waals surface area (Å²) >= 11 is 0. The Morgan fingerprint density at radius 3 is 1.72 bits per heavy atom. The Kier molecular flexibility index (Phi) is 12.3. The first kappa shape index (κ1) is 26.9. The molecule has 180 valence electrons. The van der Waals surface area contributed by atoms with E-state index in [0.29, 0.717) is 5.39 Å². The van der Waals surface area contributed by atoms with Gasteiger partial charge in [-0.1, -0.05) is 115 Å². The van der Waals surface area contributed by atoms with E-state index in [-0.39, 0.29) is 4.90 Å². The van der Waals surface area contributed by atoms with Crippen LogP contribution in [0.4, 0.5) is 0 Å². The van der Waals surface area contributed by atoms with E-state index in [0.717, 1.165) is 24.6 Å². The van der Waals surface area contributed by atoms with Crippen LogP contribution in [0.3, 0.4) is 0 Å². The summed E-state index contributed by atoms with van der Waals surface area (Å²) in [6.07, 6.45) is 19.9. The van der Waals surface area contributed by atoms with Gasteiger partial charge in [-0.25, -0.2) is 0 Å². The second-order valence-electron chi connectivity index (χ2n) is 9.27. The summed E-state index contributed by atoms with van der Waals surface area (Å²) in [6, 6.07) is 9.28. The zero-order valence-electron chi connectivity index (χ0n) is 20.4. The Morgan fingerprint density at radius 1 is 0.625 bits per heavy atom. The van der Waals surface area contributed by atoms with Gasteiger partial charge in [-0.2, -0.15) is 8.42 Å². The number of hydrogen-bond donors (Lipinski definition) is 1. The maximum atomic E-state index is 11.9. The molecule has 0 aromatic heterocycles. The molecule has 0 unspecified atom stereocenters. The highest BCUT2D eigenvalue weighted by molar-refractivity contribution is 7.86. The van der Waals surface area contributed by atoms with Gasteiger partial charge >= 0.3 is 0 Å².